The van der Waals surface area contributed by atoms with E-state index in [2.05, 4.69) is 11.4 Å². The summed E-state index contributed by atoms with van der Waals surface area (Å²) in [5.41, 5.74) is 3.75. The number of hydrogen-bond donors (Lipinski definition) is 1. The maximum absolute atomic E-state index is 12.2. The molecule has 2 atom stereocenters. The lowest BCUT2D eigenvalue weighted by Crippen LogP contribution is -2.31. The number of esters is 1. The largest absolute Gasteiger partial charge is 0.491 e. The first-order valence-electron chi connectivity index (χ1n) is 10.3. The van der Waals surface area contributed by atoms with Crippen LogP contribution >= 0.6 is 0 Å². The van der Waals surface area contributed by atoms with Crippen LogP contribution in [0.3, 0.4) is 0 Å². The monoisotopic (exact) mass is 411 g/mol. The first kappa shape index (κ1) is 21.8. The summed E-state index contributed by atoms with van der Waals surface area (Å²) in [5.74, 6) is -0.220. The first-order valence-corrected chi connectivity index (χ1v) is 10.3. The zero-order valence-electron chi connectivity index (χ0n) is 17.8. The van der Waals surface area contributed by atoms with E-state index in [0.29, 0.717) is 17.9 Å². The van der Waals surface area contributed by atoms with Gasteiger partial charge in [-0.1, -0.05) is 18.2 Å². The highest BCUT2D eigenvalue weighted by Crippen LogP contribution is 2.18. The number of rotatable bonds is 8. The van der Waals surface area contributed by atoms with E-state index in [9.17, 15) is 9.59 Å². The molecule has 0 saturated carbocycles. The maximum Gasteiger partial charge on any atom is 0.338 e. The molecule has 3 rings (SSSR count). The van der Waals surface area contributed by atoms with Crippen molar-refractivity contribution >= 4 is 11.9 Å². The van der Waals surface area contributed by atoms with Gasteiger partial charge in [-0.15, -0.1) is 0 Å². The standard InChI is InChI=1S/C24H29NO5/c1-16-6-7-20(13-17(16)2)18(3)25-23(26)15-30-24(27)19-8-10-21(11-9-19)29-14-22-5-4-12-28-22/h6-11,13,18,22H,4-5,12,14-15H2,1-3H3,(H,25,26). The lowest BCUT2D eigenvalue weighted by atomic mass is 10.0. The van der Waals surface area contributed by atoms with Crippen LogP contribution in [0.25, 0.3) is 0 Å². The Kier molecular flexibility index (Phi) is 7.46. The summed E-state index contributed by atoms with van der Waals surface area (Å²) >= 11 is 0. The van der Waals surface area contributed by atoms with Crippen LogP contribution in [0.2, 0.25) is 0 Å². The first-order chi connectivity index (χ1) is 14.4. The van der Waals surface area contributed by atoms with E-state index in [1.807, 2.05) is 32.9 Å². The van der Waals surface area contributed by atoms with Crippen LogP contribution < -0.4 is 10.1 Å². The smallest absolute Gasteiger partial charge is 0.338 e. The van der Waals surface area contributed by atoms with Crippen LogP contribution in [0.15, 0.2) is 42.5 Å². The van der Waals surface area contributed by atoms with Crippen LogP contribution in [-0.2, 0) is 14.3 Å². The van der Waals surface area contributed by atoms with E-state index < -0.39 is 5.97 Å². The zero-order valence-corrected chi connectivity index (χ0v) is 17.8. The molecule has 0 aromatic heterocycles. The van der Waals surface area contributed by atoms with Crippen molar-refractivity contribution in [3.05, 3.63) is 64.7 Å². The third-order valence-electron chi connectivity index (χ3n) is 5.29. The Hall–Kier alpha value is -2.86. The molecule has 1 amide bonds. The van der Waals surface area contributed by atoms with E-state index in [1.165, 1.54) is 11.1 Å². The van der Waals surface area contributed by atoms with Crippen molar-refractivity contribution < 1.29 is 23.8 Å². The van der Waals surface area contributed by atoms with Gasteiger partial charge in [-0.2, -0.15) is 0 Å². The fourth-order valence-electron chi connectivity index (χ4n) is 3.27. The summed E-state index contributed by atoms with van der Waals surface area (Å²) in [6, 6.07) is 12.6. The Bertz CT molecular complexity index is 872. The molecule has 0 spiro atoms. The summed E-state index contributed by atoms with van der Waals surface area (Å²) in [5, 5.41) is 2.85. The lowest BCUT2D eigenvalue weighted by molar-refractivity contribution is -0.124. The predicted molar refractivity (Wildman–Crippen MR) is 114 cm³/mol. The molecule has 0 aliphatic carbocycles. The second-order valence-electron chi connectivity index (χ2n) is 7.68. The average molecular weight is 411 g/mol. The summed E-state index contributed by atoms with van der Waals surface area (Å²) in [6.45, 7) is 6.95. The highest BCUT2D eigenvalue weighted by Gasteiger charge is 2.17. The molecule has 1 saturated heterocycles. The summed E-state index contributed by atoms with van der Waals surface area (Å²) < 4.78 is 16.3. The summed E-state index contributed by atoms with van der Waals surface area (Å²) in [7, 11) is 0. The molecule has 160 valence electrons. The van der Waals surface area contributed by atoms with Gasteiger partial charge in [-0.3, -0.25) is 4.79 Å². The summed E-state index contributed by atoms with van der Waals surface area (Å²) in [6.07, 6.45) is 2.21. The van der Waals surface area contributed by atoms with Crippen LogP contribution in [0.1, 0.15) is 52.9 Å². The van der Waals surface area contributed by atoms with E-state index in [4.69, 9.17) is 14.2 Å². The molecule has 30 heavy (non-hydrogen) atoms. The third kappa shape index (κ3) is 6.07. The van der Waals surface area contributed by atoms with Gasteiger partial charge in [-0.05, 0) is 74.6 Å². The molecule has 1 fully saturated rings. The molecule has 2 unspecified atom stereocenters. The highest BCUT2D eigenvalue weighted by atomic mass is 16.5. The number of nitrogens with one attached hydrogen (secondary N) is 1. The SMILES string of the molecule is Cc1ccc(C(C)NC(=O)COC(=O)c2ccc(OCC3CCCO3)cc2)cc1C. The lowest BCUT2D eigenvalue weighted by Gasteiger charge is -2.16. The van der Waals surface area contributed by atoms with Gasteiger partial charge in [0.15, 0.2) is 6.61 Å². The van der Waals surface area contributed by atoms with Crippen molar-refractivity contribution in [2.75, 3.05) is 19.8 Å². The third-order valence-corrected chi connectivity index (χ3v) is 5.29. The van der Waals surface area contributed by atoms with Gasteiger partial charge >= 0.3 is 5.97 Å². The second kappa shape index (κ2) is 10.3. The molecule has 0 radical (unpaired) electrons. The minimum atomic E-state index is -0.547. The van der Waals surface area contributed by atoms with Gasteiger partial charge in [0.25, 0.3) is 5.91 Å². The van der Waals surface area contributed by atoms with Gasteiger partial charge in [0.05, 0.1) is 17.7 Å². The second-order valence-corrected chi connectivity index (χ2v) is 7.68. The predicted octanol–water partition coefficient (Wildman–Crippen LogP) is 3.90. The van der Waals surface area contributed by atoms with Crippen LogP contribution in [0.5, 0.6) is 5.75 Å². The number of carbonyl (C=O) groups is 2. The van der Waals surface area contributed by atoms with Gasteiger partial charge in [-0.25, -0.2) is 4.79 Å². The molecule has 2 aromatic rings. The van der Waals surface area contributed by atoms with E-state index >= 15 is 0 Å². The Labute approximate surface area is 177 Å². The minimum absolute atomic E-state index is 0.138. The minimum Gasteiger partial charge on any atom is -0.491 e. The van der Waals surface area contributed by atoms with Gasteiger partial charge in [0, 0.05) is 6.61 Å². The molecule has 6 nitrogen and oxygen atoms in total. The number of ether oxygens (including phenoxy) is 3. The van der Waals surface area contributed by atoms with Gasteiger partial charge < -0.3 is 19.5 Å². The van der Waals surface area contributed by atoms with E-state index in [-0.39, 0.29) is 24.7 Å². The van der Waals surface area contributed by atoms with Gasteiger partial charge in [0.1, 0.15) is 12.4 Å². The number of amides is 1. The van der Waals surface area contributed by atoms with E-state index in [0.717, 1.165) is 25.0 Å². The fraction of sp³-hybridized carbons (Fsp3) is 0.417. The molecule has 1 aliphatic rings. The summed E-state index contributed by atoms with van der Waals surface area (Å²) in [4.78, 5) is 24.4. The van der Waals surface area contributed by atoms with Crippen molar-refractivity contribution in [2.45, 2.75) is 45.8 Å². The van der Waals surface area contributed by atoms with Crippen LogP contribution in [-0.4, -0.2) is 37.8 Å². The number of benzene rings is 2. The number of carbonyl (C=O) groups excluding carboxylic acids is 2. The number of aryl methyl sites for hydroxylation is 2. The zero-order chi connectivity index (χ0) is 21.5. The van der Waals surface area contributed by atoms with Crippen molar-refractivity contribution in [3.8, 4) is 5.75 Å². The van der Waals surface area contributed by atoms with Crippen molar-refractivity contribution in [3.63, 3.8) is 0 Å². The van der Waals surface area contributed by atoms with Crippen LogP contribution in [0.4, 0.5) is 0 Å². The molecular weight excluding hydrogens is 382 g/mol. The van der Waals surface area contributed by atoms with Crippen LogP contribution in [0, 0.1) is 13.8 Å². The van der Waals surface area contributed by atoms with Crippen molar-refractivity contribution in [1.29, 1.82) is 0 Å². The molecule has 1 N–H and O–H groups in total. The number of hydrogen-bond acceptors (Lipinski definition) is 5. The Morgan fingerprint density at radius 2 is 1.90 bits per heavy atom. The molecule has 1 aliphatic heterocycles. The Morgan fingerprint density at radius 3 is 2.57 bits per heavy atom. The molecule has 6 heteroatoms. The Balaban J connectivity index is 1.43. The molecule has 1 heterocycles. The quantitative estimate of drug-likeness (QED) is 0.667. The molecular formula is C24H29NO5. The van der Waals surface area contributed by atoms with Crippen molar-refractivity contribution in [1.82, 2.24) is 5.32 Å². The van der Waals surface area contributed by atoms with E-state index in [1.54, 1.807) is 24.3 Å². The Morgan fingerprint density at radius 1 is 1.13 bits per heavy atom. The average Bonchev–Trinajstić information content (AvgIpc) is 3.26. The molecule has 0 bridgehead atoms. The highest BCUT2D eigenvalue weighted by molar-refractivity contribution is 5.91. The topological polar surface area (TPSA) is 73.9 Å². The maximum atomic E-state index is 12.2. The normalized spacial score (nSPS) is 16.7. The fourth-order valence-corrected chi connectivity index (χ4v) is 3.27. The van der Waals surface area contributed by atoms with Crippen molar-refractivity contribution in [2.24, 2.45) is 0 Å². The molecule has 2 aromatic carbocycles. The van der Waals surface area contributed by atoms with Gasteiger partial charge in [0.2, 0.25) is 0 Å².